The van der Waals surface area contributed by atoms with Crippen LogP contribution in [0.4, 0.5) is 28.0 Å². The van der Waals surface area contributed by atoms with E-state index in [0.29, 0.717) is 30.0 Å². The summed E-state index contributed by atoms with van der Waals surface area (Å²) < 4.78 is 54.1. The molecule has 2 aromatic rings. The molecular weight excluding hydrogens is 451 g/mol. The van der Waals surface area contributed by atoms with Gasteiger partial charge in [-0.1, -0.05) is 29.3 Å². The van der Waals surface area contributed by atoms with Gasteiger partial charge in [0.15, 0.2) is 0 Å². The number of carbonyl (C=O) groups is 1. The third-order valence-electron chi connectivity index (χ3n) is 4.70. The number of nitrogens with one attached hydrogen (secondary N) is 2. The Morgan fingerprint density at radius 3 is 2.63 bits per heavy atom. The minimum atomic E-state index is -4.94. The summed E-state index contributed by atoms with van der Waals surface area (Å²) in [5.41, 5.74) is 0.283. The maximum Gasteiger partial charge on any atom is 0.573 e. The van der Waals surface area contributed by atoms with Crippen LogP contribution >= 0.6 is 23.2 Å². The zero-order valence-electron chi connectivity index (χ0n) is 15.5. The molecule has 0 aromatic heterocycles. The number of benzene rings is 2. The van der Waals surface area contributed by atoms with E-state index < -0.39 is 29.6 Å². The number of hydrogen-bond donors (Lipinski definition) is 3. The molecule has 0 aliphatic heterocycles. The summed E-state index contributed by atoms with van der Waals surface area (Å²) in [6, 6.07) is 3.35. The van der Waals surface area contributed by atoms with E-state index in [1.165, 1.54) is 6.07 Å². The number of urea groups is 1. The highest BCUT2D eigenvalue weighted by Crippen LogP contribution is 2.45. The summed E-state index contributed by atoms with van der Waals surface area (Å²) in [7, 11) is 0. The highest BCUT2D eigenvalue weighted by Gasteiger charge is 2.35. The molecule has 0 radical (unpaired) electrons. The van der Waals surface area contributed by atoms with E-state index in [-0.39, 0.29) is 27.8 Å². The monoisotopic (exact) mass is 466 g/mol. The highest BCUT2D eigenvalue weighted by atomic mass is 35.5. The van der Waals surface area contributed by atoms with E-state index in [4.69, 9.17) is 23.2 Å². The third kappa shape index (κ3) is 4.91. The first kappa shape index (κ1) is 22.5. The van der Waals surface area contributed by atoms with Crippen molar-refractivity contribution in [3.8, 4) is 5.75 Å². The van der Waals surface area contributed by atoms with Gasteiger partial charge < -0.3 is 20.5 Å². The summed E-state index contributed by atoms with van der Waals surface area (Å²) >= 11 is 12.5. The van der Waals surface area contributed by atoms with Crippen molar-refractivity contribution in [1.29, 1.82) is 0 Å². The molecule has 0 heterocycles. The molecule has 1 aliphatic rings. The lowest BCUT2D eigenvalue weighted by molar-refractivity contribution is -0.274. The van der Waals surface area contributed by atoms with Crippen LogP contribution in [0.5, 0.6) is 5.75 Å². The summed E-state index contributed by atoms with van der Waals surface area (Å²) in [6.07, 6.45) is -3.97. The molecule has 1 atom stereocenters. The van der Waals surface area contributed by atoms with E-state index in [2.05, 4.69) is 15.4 Å². The van der Waals surface area contributed by atoms with Crippen molar-refractivity contribution < 1.29 is 32.2 Å². The van der Waals surface area contributed by atoms with Crippen LogP contribution in [0.2, 0.25) is 10.0 Å². The average Bonchev–Trinajstić information content (AvgIpc) is 2.91. The van der Waals surface area contributed by atoms with Crippen LogP contribution in [0.3, 0.4) is 0 Å². The quantitative estimate of drug-likeness (QED) is 0.520. The van der Waals surface area contributed by atoms with Crippen molar-refractivity contribution in [2.24, 2.45) is 0 Å². The molecule has 3 N–H and O–H groups in total. The van der Waals surface area contributed by atoms with E-state index in [9.17, 15) is 27.5 Å². The summed E-state index contributed by atoms with van der Waals surface area (Å²) in [5, 5.41) is 15.5. The number of anilines is 1. The molecule has 162 valence electrons. The Balaban J connectivity index is 1.67. The van der Waals surface area contributed by atoms with Gasteiger partial charge in [0.1, 0.15) is 11.6 Å². The Labute approximate surface area is 178 Å². The Morgan fingerprint density at radius 2 is 2.00 bits per heavy atom. The minimum Gasteiger partial charge on any atom is -0.406 e. The number of carbonyl (C=O) groups excluding carboxylic acids is 1. The zero-order valence-corrected chi connectivity index (χ0v) is 17.0. The maximum atomic E-state index is 14.0. The topological polar surface area (TPSA) is 70.6 Å². The maximum absolute atomic E-state index is 14.0. The Morgan fingerprint density at radius 1 is 1.30 bits per heavy atom. The molecule has 0 saturated heterocycles. The van der Waals surface area contributed by atoms with Gasteiger partial charge in [0.25, 0.3) is 0 Å². The molecule has 30 heavy (non-hydrogen) atoms. The first-order chi connectivity index (χ1) is 13.9. The van der Waals surface area contributed by atoms with E-state index in [0.717, 1.165) is 12.1 Å². The fourth-order valence-electron chi connectivity index (χ4n) is 3.20. The number of rotatable bonds is 4. The molecule has 0 bridgehead atoms. The molecule has 2 amide bonds. The Hall–Kier alpha value is -2.23. The van der Waals surface area contributed by atoms with E-state index in [1.54, 1.807) is 6.92 Å². The number of hydrogen-bond acceptors (Lipinski definition) is 3. The third-order valence-corrected chi connectivity index (χ3v) is 5.41. The van der Waals surface area contributed by atoms with E-state index >= 15 is 0 Å². The zero-order chi connectivity index (χ0) is 22.3. The highest BCUT2D eigenvalue weighted by molar-refractivity contribution is 6.40. The predicted octanol–water partition coefficient (Wildman–Crippen LogP) is 5.51. The molecule has 2 aromatic carbocycles. The lowest BCUT2D eigenvalue weighted by Gasteiger charge is -2.20. The molecule has 0 fully saturated rings. The SMILES string of the molecule is CC1(O)CCc2c1cc(Cl)c(NC(=O)NCc1ccc(OC(F)(F)F)cc1F)c2Cl. The number of halogens is 6. The van der Waals surface area contributed by atoms with Crippen molar-refractivity contribution in [3.63, 3.8) is 0 Å². The van der Waals surface area contributed by atoms with Crippen LogP contribution in [-0.2, 0) is 18.6 Å². The van der Waals surface area contributed by atoms with Crippen LogP contribution in [-0.4, -0.2) is 17.5 Å². The van der Waals surface area contributed by atoms with Crippen molar-refractivity contribution in [2.45, 2.75) is 38.3 Å². The summed E-state index contributed by atoms with van der Waals surface area (Å²) in [6.45, 7) is 1.34. The number of fused-ring (bicyclic) bond motifs is 1. The first-order valence-electron chi connectivity index (χ1n) is 8.70. The van der Waals surface area contributed by atoms with Gasteiger partial charge in [0.05, 0.1) is 21.3 Å². The largest absolute Gasteiger partial charge is 0.573 e. The van der Waals surface area contributed by atoms with Crippen LogP contribution in [0.15, 0.2) is 24.3 Å². The number of amides is 2. The normalized spacial score (nSPS) is 18.1. The smallest absolute Gasteiger partial charge is 0.406 e. The van der Waals surface area contributed by atoms with Crippen molar-refractivity contribution in [2.75, 3.05) is 5.32 Å². The molecule has 3 rings (SSSR count). The van der Waals surface area contributed by atoms with Gasteiger partial charge in [-0.3, -0.25) is 0 Å². The first-order valence-corrected chi connectivity index (χ1v) is 9.46. The predicted molar refractivity (Wildman–Crippen MR) is 103 cm³/mol. The number of aliphatic hydroxyl groups is 1. The lowest BCUT2D eigenvalue weighted by atomic mass is 9.98. The van der Waals surface area contributed by atoms with Crippen LogP contribution in [0, 0.1) is 5.82 Å². The standard InChI is InChI=1S/C19H16Cl2F4N2O3/c1-18(29)5-4-11-12(18)7-13(20)16(15(11)21)27-17(28)26-8-9-2-3-10(6-14(9)22)30-19(23,24)25/h2-3,6-7,29H,4-5,8H2,1H3,(H2,26,27,28). The molecule has 1 unspecified atom stereocenters. The van der Waals surface area contributed by atoms with Crippen LogP contribution in [0.1, 0.15) is 30.0 Å². The second kappa shape index (κ2) is 8.13. The minimum absolute atomic E-state index is 0.0538. The van der Waals surface area contributed by atoms with Crippen LogP contribution in [0.25, 0.3) is 0 Å². The van der Waals surface area contributed by atoms with Gasteiger partial charge in [-0.05, 0) is 43.0 Å². The van der Waals surface area contributed by atoms with E-state index in [1.807, 2.05) is 0 Å². The average molecular weight is 467 g/mol. The second-order valence-corrected chi connectivity index (χ2v) is 7.74. The lowest BCUT2D eigenvalue weighted by Crippen LogP contribution is -2.29. The van der Waals surface area contributed by atoms with Gasteiger partial charge in [0, 0.05) is 18.2 Å². The van der Waals surface area contributed by atoms with Gasteiger partial charge in [-0.2, -0.15) is 0 Å². The van der Waals surface area contributed by atoms with Crippen molar-refractivity contribution in [3.05, 3.63) is 56.8 Å². The molecule has 5 nitrogen and oxygen atoms in total. The number of ether oxygens (including phenoxy) is 1. The molecular formula is C19H16Cl2F4N2O3. The fraction of sp³-hybridized carbons (Fsp3) is 0.316. The van der Waals surface area contributed by atoms with Gasteiger partial charge in [-0.15, -0.1) is 13.2 Å². The van der Waals surface area contributed by atoms with Crippen molar-refractivity contribution >= 4 is 34.9 Å². The molecule has 1 aliphatic carbocycles. The van der Waals surface area contributed by atoms with Gasteiger partial charge in [0.2, 0.25) is 0 Å². The Kier molecular flexibility index (Phi) is 6.08. The summed E-state index contributed by atoms with van der Waals surface area (Å²) in [5.74, 6) is -1.69. The summed E-state index contributed by atoms with van der Waals surface area (Å²) in [4.78, 5) is 12.2. The molecule has 0 saturated carbocycles. The second-order valence-electron chi connectivity index (χ2n) is 6.96. The Bertz CT molecular complexity index is 997. The molecule has 0 spiro atoms. The van der Waals surface area contributed by atoms with Crippen molar-refractivity contribution in [1.82, 2.24) is 5.32 Å². The fourth-order valence-corrected chi connectivity index (χ4v) is 3.85. The number of alkyl halides is 3. The van der Waals surface area contributed by atoms with Gasteiger partial charge in [-0.25, -0.2) is 9.18 Å². The molecule has 11 heteroatoms. The van der Waals surface area contributed by atoms with Gasteiger partial charge >= 0.3 is 12.4 Å². The van der Waals surface area contributed by atoms with Crippen LogP contribution < -0.4 is 15.4 Å².